The molecule has 2 unspecified atom stereocenters. The van der Waals surface area contributed by atoms with Crippen molar-refractivity contribution in [1.29, 1.82) is 0 Å². The molecule has 3 fully saturated rings. The molecule has 3 heterocycles. The van der Waals surface area contributed by atoms with E-state index in [0.717, 1.165) is 0 Å². The zero-order valence-corrected chi connectivity index (χ0v) is 19.8. The SMILES string of the molecule is CC[C@]1(CO)O[C@H](OC2[C@@H](CO)O[C@@H](OC3[C@@H](CO)O[C@@H](O)[C@H](N)[C@H]3O)[C@H](N)[C@H]2O)[C@H](N)[C@@H](O)[C@@H]1O. The van der Waals surface area contributed by atoms with Crippen molar-refractivity contribution < 1.29 is 64.5 Å². The van der Waals surface area contributed by atoms with Gasteiger partial charge in [-0.25, -0.2) is 0 Å². The highest BCUT2D eigenvalue weighted by atomic mass is 16.7. The molecule has 0 aromatic rings. The van der Waals surface area contributed by atoms with Gasteiger partial charge >= 0.3 is 0 Å². The molecule has 36 heavy (non-hydrogen) atoms. The van der Waals surface area contributed by atoms with Gasteiger partial charge in [-0.1, -0.05) is 6.92 Å². The molecule has 3 aliphatic rings. The van der Waals surface area contributed by atoms with Gasteiger partial charge in [0, 0.05) is 0 Å². The van der Waals surface area contributed by atoms with Crippen LogP contribution in [-0.2, 0) is 23.7 Å². The summed E-state index contributed by atoms with van der Waals surface area (Å²) in [5.74, 6) is 0. The Balaban J connectivity index is 1.76. The Labute approximate surface area is 207 Å². The molecule has 0 aromatic carbocycles. The maximum Gasteiger partial charge on any atom is 0.176 e. The third-order valence-electron chi connectivity index (χ3n) is 7.19. The topological polar surface area (TPSA) is 286 Å². The maximum absolute atomic E-state index is 10.9. The Morgan fingerprint density at radius 3 is 1.75 bits per heavy atom. The van der Waals surface area contributed by atoms with Gasteiger partial charge in [0.1, 0.15) is 54.4 Å². The first-order valence-corrected chi connectivity index (χ1v) is 11.8. The Bertz CT molecular complexity index is 702. The molecule has 14 N–H and O–H groups in total. The second kappa shape index (κ2) is 12.0. The van der Waals surface area contributed by atoms with Crippen LogP contribution in [0.25, 0.3) is 0 Å². The van der Waals surface area contributed by atoms with Crippen molar-refractivity contribution in [2.75, 3.05) is 19.8 Å². The van der Waals surface area contributed by atoms with Crippen LogP contribution in [0.5, 0.6) is 0 Å². The number of rotatable bonds is 8. The van der Waals surface area contributed by atoms with Gasteiger partial charge in [0.15, 0.2) is 18.9 Å². The largest absolute Gasteiger partial charge is 0.394 e. The highest BCUT2D eigenvalue weighted by molar-refractivity contribution is 5.02. The van der Waals surface area contributed by atoms with Crippen molar-refractivity contribution in [3.63, 3.8) is 0 Å². The minimum Gasteiger partial charge on any atom is -0.394 e. The van der Waals surface area contributed by atoms with E-state index in [2.05, 4.69) is 0 Å². The number of aliphatic hydroxyl groups excluding tert-OH is 8. The monoisotopic (exact) mass is 529 g/mol. The molecule has 0 bridgehead atoms. The van der Waals surface area contributed by atoms with Crippen LogP contribution in [0.15, 0.2) is 0 Å². The summed E-state index contributed by atoms with van der Waals surface area (Å²) in [4.78, 5) is 0. The van der Waals surface area contributed by atoms with E-state index in [-0.39, 0.29) is 6.42 Å². The zero-order chi connectivity index (χ0) is 26.9. The Morgan fingerprint density at radius 2 is 1.22 bits per heavy atom. The van der Waals surface area contributed by atoms with E-state index in [1.807, 2.05) is 0 Å². The first kappa shape index (κ1) is 29.9. The van der Waals surface area contributed by atoms with E-state index in [4.69, 9.17) is 40.9 Å². The number of ether oxygens (including phenoxy) is 5. The van der Waals surface area contributed by atoms with Crippen LogP contribution in [0.1, 0.15) is 13.3 Å². The third kappa shape index (κ3) is 5.41. The number of nitrogens with two attached hydrogens (primary N) is 3. The van der Waals surface area contributed by atoms with Gasteiger partial charge in [-0.2, -0.15) is 0 Å². The molecule has 0 spiro atoms. The Kier molecular flexibility index (Phi) is 10.0. The van der Waals surface area contributed by atoms with Gasteiger partial charge in [-0.15, -0.1) is 0 Å². The van der Waals surface area contributed by atoms with E-state index in [0.29, 0.717) is 0 Å². The van der Waals surface area contributed by atoms with Crippen molar-refractivity contribution in [2.45, 2.75) is 105 Å². The molecule has 0 aliphatic carbocycles. The van der Waals surface area contributed by atoms with Gasteiger partial charge in [-0.3, -0.25) is 0 Å². The highest BCUT2D eigenvalue weighted by Gasteiger charge is 2.55. The van der Waals surface area contributed by atoms with Crippen LogP contribution in [0.2, 0.25) is 0 Å². The fourth-order valence-corrected chi connectivity index (χ4v) is 4.67. The molecule has 0 radical (unpaired) electrons. The molecule has 15 atom stereocenters. The summed E-state index contributed by atoms with van der Waals surface area (Å²) in [5, 5.41) is 81.2. The van der Waals surface area contributed by atoms with Crippen molar-refractivity contribution in [3.05, 3.63) is 0 Å². The minimum atomic E-state index is -1.59. The van der Waals surface area contributed by atoms with Crippen LogP contribution in [-0.4, -0.2) is 152 Å². The van der Waals surface area contributed by atoms with Crippen LogP contribution in [0.3, 0.4) is 0 Å². The molecular weight excluding hydrogens is 490 g/mol. The normalized spacial score (nSPS) is 52.3. The molecule has 16 nitrogen and oxygen atoms in total. The lowest BCUT2D eigenvalue weighted by molar-refractivity contribution is -0.360. The first-order chi connectivity index (χ1) is 17.0. The van der Waals surface area contributed by atoms with Crippen LogP contribution in [0, 0.1) is 0 Å². The van der Waals surface area contributed by atoms with Crippen LogP contribution < -0.4 is 17.2 Å². The van der Waals surface area contributed by atoms with E-state index in [1.54, 1.807) is 6.92 Å². The highest BCUT2D eigenvalue weighted by Crippen LogP contribution is 2.35. The van der Waals surface area contributed by atoms with E-state index >= 15 is 0 Å². The average Bonchev–Trinajstić information content (AvgIpc) is 2.88. The second-order valence-electron chi connectivity index (χ2n) is 9.39. The predicted molar refractivity (Wildman–Crippen MR) is 116 cm³/mol. The summed E-state index contributed by atoms with van der Waals surface area (Å²) < 4.78 is 28.0. The van der Waals surface area contributed by atoms with Gasteiger partial charge in [0.2, 0.25) is 0 Å². The smallest absolute Gasteiger partial charge is 0.176 e. The van der Waals surface area contributed by atoms with E-state index < -0.39 is 111 Å². The van der Waals surface area contributed by atoms with Crippen molar-refractivity contribution in [3.8, 4) is 0 Å². The lowest BCUT2D eigenvalue weighted by Crippen LogP contribution is -2.71. The van der Waals surface area contributed by atoms with Gasteiger partial charge < -0.3 is 81.7 Å². The van der Waals surface area contributed by atoms with Crippen LogP contribution in [0.4, 0.5) is 0 Å². The van der Waals surface area contributed by atoms with Crippen molar-refractivity contribution in [2.24, 2.45) is 17.2 Å². The summed E-state index contributed by atoms with van der Waals surface area (Å²) in [5.41, 5.74) is 16.2. The summed E-state index contributed by atoms with van der Waals surface area (Å²) in [6, 6.07) is -3.91. The lowest BCUT2D eigenvalue weighted by Gasteiger charge is -2.51. The fraction of sp³-hybridized carbons (Fsp3) is 1.00. The van der Waals surface area contributed by atoms with Gasteiger partial charge in [0.05, 0.1) is 37.9 Å². The summed E-state index contributed by atoms with van der Waals surface area (Å²) >= 11 is 0. The van der Waals surface area contributed by atoms with Crippen molar-refractivity contribution >= 4 is 0 Å². The van der Waals surface area contributed by atoms with Crippen LogP contribution >= 0.6 is 0 Å². The molecule has 3 rings (SSSR count). The summed E-state index contributed by atoms with van der Waals surface area (Å²) in [7, 11) is 0. The summed E-state index contributed by atoms with van der Waals surface area (Å²) in [6.45, 7) is -0.404. The molecular formula is C20H39N3O13. The third-order valence-corrected chi connectivity index (χ3v) is 7.19. The second-order valence-corrected chi connectivity index (χ2v) is 9.39. The van der Waals surface area contributed by atoms with E-state index in [1.165, 1.54) is 0 Å². The number of hydrogen-bond donors (Lipinski definition) is 11. The molecule has 3 aliphatic heterocycles. The first-order valence-electron chi connectivity index (χ1n) is 11.8. The molecule has 0 aromatic heterocycles. The molecule has 0 amide bonds. The molecule has 212 valence electrons. The van der Waals surface area contributed by atoms with Gasteiger partial charge in [0.25, 0.3) is 0 Å². The predicted octanol–water partition coefficient (Wildman–Crippen LogP) is -6.89. The summed E-state index contributed by atoms with van der Waals surface area (Å²) in [6.07, 6.45) is -15.6. The fourth-order valence-electron chi connectivity index (χ4n) is 4.67. The maximum atomic E-state index is 10.9. The van der Waals surface area contributed by atoms with Crippen molar-refractivity contribution in [1.82, 2.24) is 0 Å². The average molecular weight is 530 g/mol. The quantitative estimate of drug-likeness (QED) is 0.139. The standard InChI is InChI=1S/C20H39N3O13/c1-2-20(5-26)16(30)13(29)10(23)19(36-20)35-15-7(4-25)33-18(9(22)12(15)28)34-14-6(3-24)32-17(31)8(21)11(14)27/h6-19,24-31H,2-5,21-23H2,1H3/t6-,7-,8-,9-,10-,11-,12-,13-,14?,15?,16+,17-,18+,19+,20-/m1/s1. The van der Waals surface area contributed by atoms with E-state index in [9.17, 15) is 40.9 Å². The Morgan fingerprint density at radius 1 is 0.722 bits per heavy atom. The minimum absolute atomic E-state index is 0.0888. The molecule has 3 saturated heterocycles. The molecule has 0 saturated carbocycles. The number of hydrogen-bond acceptors (Lipinski definition) is 16. The zero-order valence-electron chi connectivity index (χ0n) is 19.8. The molecule has 16 heteroatoms. The lowest BCUT2D eigenvalue weighted by atomic mass is 9.84. The Hall–Kier alpha value is -0.640. The van der Waals surface area contributed by atoms with Gasteiger partial charge in [-0.05, 0) is 6.42 Å². The number of aliphatic hydroxyl groups is 8.